The molecule has 8 heteroatoms. The first-order valence-electron chi connectivity index (χ1n) is 6.06. The zero-order chi connectivity index (χ0) is 15.8. The predicted molar refractivity (Wildman–Crippen MR) is 81.7 cm³/mol. The van der Waals surface area contributed by atoms with E-state index < -0.39 is 11.8 Å². The van der Waals surface area contributed by atoms with Crippen LogP contribution in [-0.2, 0) is 9.59 Å². The van der Waals surface area contributed by atoms with Crippen molar-refractivity contribution < 1.29 is 19.1 Å². The molecule has 0 aliphatic rings. The summed E-state index contributed by atoms with van der Waals surface area (Å²) in [5.41, 5.74) is 2.79. The van der Waals surface area contributed by atoms with E-state index in [4.69, 9.17) is 9.47 Å². The first-order chi connectivity index (χ1) is 10.0. The number of methoxy groups -OCH3 is 2. The number of ether oxygens (including phenoxy) is 2. The van der Waals surface area contributed by atoms with Crippen LogP contribution in [0, 0.1) is 0 Å². The van der Waals surface area contributed by atoms with Gasteiger partial charge in [0.15, 0.2) is 11.5 Å². The number of rotatable bonds is 5. The van der Waals surface area contributed by atoms with E-state index in [9.17, 15) is 9.59 Å². The van der Waals surface area contributed by atoms with Gasteiger partial charge in [-0.25, -0.2) is 5.43 Å². The minimum atomic E-state index is -0.829. The van der Waals surface area contributed by atoms with E-state index in [-0.39, 0.29) is 0 Å². The number of hydrazone groups is 1. The lowest BCUT2D eigenvalue weighted by Gasteiger charge is -2.09. The van der Waals surface area contributed by atoms with Gasteiger partial charge in [-0.3, -0.25) is 9.59 Å². The van der Waals surface area contributed by atoms with Crippen LogP contribution in [0.25, 0.3) is 0 Å². The number of nitrogens with zero attached hydrogens (tertiary/aromatic N) is 1. The van der Waals surface area contributed by atoms with Gasteiger partial charge in [0.05, 0.1) is 20.4 Å². The molecule has 1 aromatic rings. The Bertz CT molecular complexity index is 561. The molecule has 0 unspecified atom stereocenters. The van der Waals surface area contributed by atoms with Crippen LogP contribution in [0.3, 0.4) is 0 Å². The van der Waals surface area contributed by atoms with Gasteiger partial charge < -0.3 is 14.8 Å². The number of amides is 2. The van der Waals surface area contributed by atoms with Crippen molar-refractivity contribution in [1.29, 1.82) is 0 Å². The summed E-state index contributed by atoms with van der Waals surface area (Å²) in [7, 11) is 3.05. The fourth-order valence-corrected chi connectivity index (χ4v) is 1.85. The molecule has 0 saturated heterocycles. The average molecular weight is 358 g/mol. The number of benzene rings is 1. The van der Waals surface area contributed by atoms with Crippen molar-refractivity contribution in [3.05, 3.63) is 22.2 Å². The molecular formula is C13H16BrN3O4. The fraction of sp³-hybridized carbons (Fsp3) is 0.308. The highest BCUT2D eigenvalue weighted by Crippen LogP contribution is 2.32. The van der Waals surface area contributed by atoms with E-state index in [1.807, 2.05) is 0 Å². The van der Waals surface area contributed by atoms with Gasteiger partial charge in [-0.05, 0) is 35.0 Å². The maximum absolute atomic E-state index is 11.3. The van der Waals surface area contributed by atoms with E-state index in [1.165, 1.54) is 20.4 Å². The Morgan fingerprint density at radius 2 is 1.86 bits per heavy atom. The topological polar surface area (TPSA) is 89.0 Å². The second-order valence-corrected chi connectivity index (χ2v) is 4.64. The quantitative estimate of drug-likeness (QED) is 0.468. The summed E-state index contributed by atoms with van der Waals surface area (Å²) in [5, 5.41) is 6.09. The van der Waals surface area contributed by atoms with E-state index >= 15 is 0 Å². The summed E-state index contributed by atoms with van der Waals surface area (Å²) < 4.78 is 11.0. The third kappa shape index (κ3) is 4.75. The van der Waals surface area contributed by atoms with Crippen LogP contribution in [0.15, 0.2) is 21.7 Å². The minimum Gasteiger partial charge on any atom is -0.493 e. The maximum atomic E-state index is 11.3. The van der Waals surface area contributed by atoms with Crippen molar-refractivity contribution >= 4 is 34.0 Å². The van der Waals surface area contributed by atoms with Gasteiger partial charge in [0, 0.05) is 16.6 Å². The molecule has 0 atom stereocenters. The summed E-state index contributed by atoms with van der Waals surface area (Å²) in [5.74, 6) is -0.476. The van der Waals surface area contributed by atoms with Crippen LogP contribution in [0.5, 0.6) is 11.5 Å². The normalized spacial score (nSPS) is 10.3. The molecule has 0 heterocycles. The van der Waals surface area contributed by atoms with Crippen LogP contribution in [0.4, 0.5) is 0 Å². The molecule has 2 amide bonds. The molecule has 21 heavy (non-hydrogen) atoms. The van der Waals surface area contributed by atoms with Gasteiger partial charge in [0.1, 0.15) is 0 Å². The first-order valence-corrected chi connectivity index (χ1v) is 6.85. The van der Waals surface area contributed by atoms with Crippen LogP contribution in [-0.4, -0.2) is 38.8 Å². The van der Waals surface area contributed by atoms with Crippen LogP contribution in [0.2, 0.25) is 0 Å². The lowest BCUT2D eigenvalue weighted by atomic mass is 10.2. The highest BCUT2D eigenvalue weighted by molar-refractivity contribution is 9.10. The molecule has 7 nitrogen and oxygen atoms in total. The summed E-state index contributed by atoms with van der Waals surface area (Å²) in [6, 6.07) is 3.40. The molecule has 0 aliphatic carbocycles. The molecule has 0 aromatic heterocycles. The predicted octanol–water partition coefficient (Wildman–Crippen LogP) is 1.05. The van der Waals surface area contributed by atoms with Gasteiger partial charge in [-0.15, -0.1) is 0 Å². The van der Waals surface area contributed by atoms with E-state index in [1.54, 1.807) is 19.1 Å². The zero-order valence-electron chi connectivity index (χ0n) is 11.9. The smallest absolute Gasteiger partial charge is 0.329 e. The summed E-state index contributed by atoms with van der Waals surface area (Å²) >= 11 is 3.35. The largest absolute Gasteiger partial charge is 0.493 e. The molecule has 0 spiro atoms. The molecule has 0 aliphatic heterocycles. The molecule has 2 N–H and O–H groups in total. The number of carbonyl (C=O) groups excluding carboxylic acids is 2. The molecule has 0 saturated carbocycles. The summed E-state index contributed by atoms with van der Waals surface area (Å²) in [4.78, 5) is 22.5. The second-order valence-electron chi connectivity index (χ2n) is 3.79. The van der Waals surface area contributed by atoms with E-state index in [0.717, 1.165) is 0 Å². The second kappa shape index (κ2) is 8.25. The van der Waals surface area contributed by atoms with Crippen molar-refractivity contribution in [2.75, 3.05) is 20.8 Å². The molecule has 114 valence electrons. The monoisotopic (exact) mass is 357 g/mol. The van der Waals surface area contributed by atoms with Crippen molar-refractivity contribution in [2.24, 2.45) is 5.10 Å². The van der Waals surface area contributed by atoms with Gasteiger partial charge in [0.2, 0.25) is 0 Å². The standard InChI is InChI=1S/C13H16BrN3O4/c1-4-15-12(18)13(19)17-16-7-8-5-10(20-2)11(21-3)6-9(8)14/h5-7H,4H2,1-3H3,(H,15,18)(H,17,19)/b16-7-. The number of halogens is 1. The maximum Gasteiger partial charge on any atom is 0.329 e. The first kappa shape index (κ1) is 17.0. The van der Waals surface area contributed by atoms with Crippen molar-refractivity contribution in [1.82, 2.24) is 10.7 Å². The van der Waals surface area contributed by atoms with E-state index in [0.29, 0.717) is 28.1 Å². The Morgan fingerprint density at radius 3 is 2.43 bits per heavy atom. The molecule has 0 radical (unpaired) electrons. The van der Waals surface area contributed by atoms with Gasteiger partial charge >= 0.3 is 11.8 Å². The zero-order valence-corrected chi connectivity index (χ0v) is 13.5. The van der Waals surface area contributed by atoms with Gasteiger partial charge in [0.25, 0.3) is 0 Å². The van der Waals surface area contributed by atoms with Crippen molar-refractivity contribution in [2.45, 2.75) is 6.92 Å². The highest BCUT2D eigenvalue weighted by atomic mass is 79.9. The van der Waals surface area contributed by atoms with Crippen LogP contribution >= 0.6 is 15.9 Å². The van der Waals surface area contributed by atoms with Crippen LogP contribution < -0.4 is 20.2 Å². The Balaban J connectivity index is 2.81. The lowest BCUT2D eigenvalue weighted by Crippen LogP contribution is -2.37. The molecule has 1 aromatic carbocycles. The molecule has 0 bridgehead atoms. The number of hydrogen-bond acceptors (Lipinski definition) is 5. The Morgan fingerprint density at radius 1 is 1.24 bits per heavy atom. The number of nitrogens with one attached hydrogen (secondary N) is 2. The molecule has 1 rings (SSSR count). The van der Waals surface area contributed by atoms with Crippen LogP contribution in [0.1, 0.15) is 12.5 Å². The number of hydrogen-bond donors (Lipinski definition) is 2. The van der Waals surface area contributed by atoms with Crippen molar-refractivity contribution in [3.63, 3.8) is 0 Å². The fourth-order valence-electron chi connectivity index (χ4n) is 1.42. The Kier molecular flexibility index (Phi) is 6.67. The third-order valence-electron chi connectivity index (χ3n) is 2.42. The molecular weight excluding hydrogens is 342 g/mol. The lowest BCUT2D eigenvalue weighted by molar-refractivity contribution is -0.139. The van der Waals surface area contributed by atoms with Crippen molar-refractivity contribution in [3.8, 4) is 11.5 Å². The SMILES string of the molecule is CCNC(=O)C(=O)N/N=C\c1cc(OC)c(OC)cc1Br. The number of carbonyl (C=O) groups is 2. The Labute approximate surface area is 130 Å². The van der Waals surface area contributed by atoms with E-state index in [2.05, 4.69) is 31.8 Å². The summed E-state index contributed by atoms with van der Waals surface area (Å²) in [6.07, 6.45) is 1.39. The molecule has 0 fully saturated rings. The van der Waals surface area contributed by atoms with Gasteiger partial charge in [-0.2, -0.15) is 5.10 Å². The van der Waals surface area contributed by atoms with Gasteiger partial charge in [-0.1, -0.05) is 0 Å². The third-order valence-corrected chi connectivity index (χ3v) is 3.10. The number of likely N-dealkylation sites (N-methyl/N-ethyl adjacent to an activating group) is 1. The minimum absolute atomic E-state index is 0.372. The average Bonchev–Trinajstić information content (AvgIpc) is 2.48. The highest BCUT2D eigenvalue weighted by Gasteiger charge is 2.11. The Hall–Kier alpha value is -2.09. The summed E-state index contributed by atoms with van der Waals surface area (Å²) in [6.45, 7) is 2.09.